The van der Waals surface area contributed by atoms with Gasteiger partial charge in [0.2, 0.25) is 0 Å². The minimum absolute atomic E-state index is 0.294. The van der Waals surface area contributed by atoms with Crippen molar-refractivity contribution in [1.82, 2.24) is 0 Å². The van der Waals surface area contributed by atoms with Crippen LogP contribution >= 0.6 is 0 Å². The summed E-state index contributed by atoms with van der Waals surface area (Å²) in [6, 6.07) is 0. The molecule has 0 bridgehead atoms. The van der Waals surface area contributed by atoms with Crippen LogP contribution in [0, 0.1) is 11.8 Å². The van der Waals surface area contributed by atoms with Crippen LogP contribution in [-0.4, -0.2) is 10.7 Å². The van der Waals surface area contributed by atoms with E-state index in [4.69, 9.17) is 0 Å². The molecule has 0 aromatic heterocycles. The maximum absolute atomic E-state index is 10.0. The number of rotatable bonds is 3. The van der Waals surface area contributed by atoms with Gasteiger partial charge < -0.3 is 5.11 Å². The van der Waals surface area contributed by atoms with E-state index >= 15 is 0 Å². The van der Waals surface area contributed by atoms with E-state index < -0.39 is 5.60 Å². The first kappa shape index (κ1) is 11.8. The molecule has 1 saturated carbocycles. The number of aliphatic hydroxyl groups is 1. The molecule has 1 atom stereocenters. The van der Waals surface area contributed by atoms with E-state index in [2.05, 4.69) is 19.9 Å². The van der Waals surface area contributed by atoms with Crippen LogP contribution in [0.5, 0.6) is 0 Å². The van der Waals surface area contributed by atoms with Gasteiger partial charge in [-0.1, -0.05) is 45.3 Å². The summed E-state index contributed by atoms with van der Waals surface area (Å²) in [6.45, 7) is 6.02. The molecule has 0 heterocycles. The first-order valence-electron chi connectivity index (χ1n) is 5.94. The molecule has 1 unspecified atom stereocenters. The quantitative estimate of drug-likeness (QED) is 0.685. The summed E-state index contributed by atoms with van der Waals surface area (Å²) in [7, 11) is 0. The maximum Gasteiger partial charge on any atom is 0.0822 e. The lowest BCUT2D eigenvalue weighted by molar-refractivity contribution is 0.0619. The summed E-state index contributed by atoms with van der Waals surface area (Å²) in [5.74, 6) is 1.01. The SMILES string of the molecule is CC(C)C(C)(O)/C=C/C1CCCCC1. The average molecular weight is 196 g/mol. The Bertz CT molecular complexity index is 185. The molecule has 0 amide bonds. The molecule has 82 valence electrons. The molecular weight excluding hydrogens is 172 g/mol. The third-order valence-corrected chi connectivity index (χ3v) is 3.52. The van der Waals surface area contributed by atoms with E-state index in [0.717, 1.165) is 0 Å². The maximum atomic E-state index is 10.0. The number of hydrogen-bond acceptors (Lipinski definition) is 1. The van der Waals surface area contributed by atoms with Crippen molar-refractivity contribution in [1.29, 1.82) is 0 Å². The van der Waals surface area contributed by atoms with Gasteiger partial charge in [-0.15, -0.1) is 0 Å². The van der Waals surface area contributed by atoms with E-state index in [0.29, 0.717) is 11.8 Å². The van der Waals surface area contributed by atoms with Gasteiger partial charge in [-0.25, -0.2) is 0 Å². The summed E-state index contributed by atoms with van der Waals surface area (Å²) in [5.41, 5.74) is -0.628. The minimum Gasteiger partial charge on any atom is -0.386 e. The molecule has 0 aromatic carbocycles. The molecule has 0 spiro atoms. The van der Waals surface area contributed by atoms with Crippen LogP contribution in [0.15, 0.2) is 12.2 Å². The highest BCUT2D eigenvalue weighted by atomic mass is 16.3. The van der Waals surface area contributed by atoms with Crippen LogP contribution in [-0.2, 0) is 0 Å². The fourth-order valence-electron chi connectivity index (χ4n) is 1.85. The van der Waals surface area contributed by atoms with Crippen molar-refractivity contribution in [3.8, 4) is 0 Å². The first-order valence-corrected chi connectivity index (χ1v) is 5.94. The summed E-state index contributed by atoms with van der Waals surface area (Å²) >= 11 is 0. The Hall–Kier alpha value is -0.300. The lowest BCUT2D eigenvalue weighted by atomic mass is 9.86. The molecule has 1 aliphatic carbocycles. The third-order valence-electron chi connectivity index (χ3n) is 3.52. The highest BCUT2D eigenvalue weighted by Crippen LogP contribution is 2.26. The predicted molar refractivity (Wildman–Crippen MR) is 61.2 cm³/mol. The van der Waals surface area contributed by atoms with E-state index in [1.54, 1.807) is 0 Å². The van der Waals surface area contributed by atoms with Crippen LogP contribution in [0.4, 0.5) is 0 Å². The van der Waals surface area contributed by atoms with Crippen LogP contribution in [0.1, 0.15) is 52.9 Å². The summed E-state index contributed by atoms with van der Waals surface area (Å²) < 4.78 is 0. The monoisotopic (exact) mass is 196 g/mol. The fourth-order valence-corrected chi connectivity index (χ4v) is 1.85. The van der Waals surface area contributed by atoms with Gasteiger partial charge in [-0.05, 0) is 31.6 Å². The molecule has 1 aliphatic rings. The van der Waals surface area contributed by atoms with Crippen LogP contribution < -0.4 is 0 Å². The Morgan fingerprint density at radius 1 is 1.21 bits per heavy atom. The van der Waals surface area contributed by atoms with Crippen molar-refractivity contribution in [2.45, 2.75) is 58.5 Å². The van der Waals surface area contributed by atoms with Gasteiger partial charge in [0, 0.05) is 0 Å². The Balaban J connectivity index is 2.44. The van der Waals surface area contributed by atoms with Gasteiger partial charge in [0.15, 0.2) is 0 Å². The molecule has 1 nitrogen and oxygen atoms in total. The van der Waals surface area contributed by atoms with Crippen molar-refractivity contribution in [3.63, 3.8) is 0 Å². The number of allylic oxidation sites excluding steroid dienone is 1. The van der Waals surface area contributed by atoms with Crippen molar-refractivity contribution < 1.29 is 5.11 Å². The molecular formula is C13H24O. The van der Waals surface area contributed by atoms with Gasteiger partial charge >= 0.3 is 0 Å². The molecule has 0 radical (unpaired) electrons. The van der Waals surface area contributed by atoms with E-state index in [1.165, 1.54) is 32.1 Å². The fraction of sp³-hybridized carbons (Fsp3) is 0.846. The topological polar surface area (TPSA) is 20.2 Å². The average Bonchev–Trinajstić information content (AvgIpc) is 2.16. The zero-order valence-corrected chi connectivity index (χ0v) is 9.79. The highest BCUT2D eigenvalue weighted by Gasteiger charge is 2.21. The van der Waals surface area contributed by atoms with Gasteiger partial charge in [0.25, 0.3) is 0 Å². The molecule has 0 aromatic rings. The Kier molecular flexibility index (Phi) is 4.18. The standard InChI is InChI=1S/C13H24O/c1-11(2)13(3,14)10-9-12-7-5-4-6-8-12/h9-12,14H,4-8H2,1-3H3/b10-9+. The van der Waals surface area contributed by atoms with Gasteiger partial charge in [-0.2, -0.15) is 0 Å². The Morgan fingerprint density at radius 2 is 1.79 bits per heavy atom. The second kappa shape index (κ2) is 4.97. The van der Waals surface area contributed by atoms with Crippen LogP contribution in [0.2, 0.25) is 0 Å². The molecule has 1 fully saturated rings. The molecule has 1 heteroatoms. The second-order valence-electron chi connectivity index (χ2n) is 5.14. The molecule has 0 saturated heterocycles. The Labute approximate surface area is 88.2 Å². The van der Waals surface area contributed by atoms with Crippen molar-refractivity contribution in [2.24, 2.45) is 11.8 Å². The highest BCUT2D eigenvalue weighted by molar-refractivity contribution is 5.02. The normalized spacial score (nSPS) is 24.4. The molecule has 14 heavy (non-hydrogen) atoms. The smallest absolute Gasteiger partial charge is 0.0822 e. The zero-order valence-electron chi connectivity index (χ0n) is 9.79. The summed E-state index contributed by atoms with van der Waals surface area (Å²) in [6.07, 6.45) is 11.0. The lowest BCUT2D eigenvalue weighted by Crippen LogP contribution is -2.28. The van der Waals surface area contributed by atoms with Gasteiger partial charge in [0.1, 0.15) is 0 Å². The van der Waals surface area contributed by atoms with Crippen molar-refractivity contribution in [2.75, 3.05) is 0 Å². The van der Waals surface area contributed by atoms with E-state index in [-0.39, 0.29) is 0 Å². The van der Waals surface area contributed by atoms with Crippen LogP contribution in [0.3, 0.4) is 0 Å². The van der Waals surface area contributed by atoms with Gasteiger partial charge in [0.05, 0.1) is 5.60 Å². The van der Waals surface area contributed by atoms with Gasteiger partial charge in [-0.3, -0.25) is 0 Å². The first-order chi connectivity index (χ1) is 6.52. The molecule has 1 N–H and O–H groups in total. The van der Waals surface area contributed by atoms with E-state index in [1.807, 2.05) is 13.0 Å². The van der Waals surface area contributed by atoms with Crippen molar-refractivity contribution >= 4 is 0 Å². The largest absolute Gasteiger partial charge is 0.386 e. The van der Waals surface area contributed by atoms with Crippen molar-refractivity contribution in [3.05, 3.63) is 12.2 Å². The minimum atomic E-state index is -0.628. The molecule has 0 aliphatic heterocycles. The summed E-state index contributed by atoms with van der Waals surface area (Å²) in [4.78, 5) is 0. The number of hydrogen-bond donors (Lipinski definition) is 1. The predicted octanol–water partition coefficient (Wildman–Crippen LogP) is 3.53. The third kappa shape index (κ3) is 3.45. The summed E-state index contributed by atoms with van der Waals surface area (Å²) in [5, 5.41) is 10.0. The van der Waals surface area contributed by atoms with Crippen LogP contribution in [0.25, 0.3) is 0 Å². The zero-order chi connectivity index (χ0) is 10.6. The molecule has 1 rings (SSSR count). The second-order valence-corrected chi connectivity index (χ2v) is 5.14. The van der Waals surface area contributed by atoms with E-state index in [9.17, 15) is 5.11 Å². The lowest BCUT2D eigenvalue weighted by Gasteiger charge is -2.25. The Morgan fingerprint density at radius 3 is 2.29 bits per heavy atom.